The van der Waals surface area contributed by atoms with E-state index in [9.17, 15) is 4.79 Å². The van der Waals surface area contributed by atoms with Gasteiger partial charge in [0, 0.05) is 46.9 Å². The number of benzene rings is 2. The monoisotopic (exact) mass is 383 g/mol. The first kappa shape index (κ1) is 17.8. The average Bonchev–Trinajstić information content (AvgIpc) is 2.78. The molecule has 0 bridgehead atoms. The summed E-state index contributed by atoms with van der Waals surface area (Å²) in [5, 5.41) is 2.06. The number of aryl methyl sites for hydroxylation is 1. The first-order valence-electron chi connectivity index (χ1n) is 9.83. The highest BCUT2D eigenvalue weighted by atomic mass is 16.5. The predicted octanol–water partition coefficient (Wildman–Crippen LogP) is 4.23. The summed E-state index contributed by atoms with van der Waals surface area (Å²) in [4.78, 5) is 24.1. The van der Waals surface area contributed by atoms with Gasteiger partial charge in [-0.05, 0) is 48.9 Å². The third-order valence-corrected chi connectivity index (χ3v) is 5.38. The number of para-hydroxylation sites is 1. The number of fused-ring (bicyclic) bond motifs is 2. The maximum atomic E-state index is 13.0. The molecule has 5 heteroatoms. The van der Waals surface area contributed by atoms with Crippen LogP contribution in [0.15, 0.2) is 60.8 Å². The average molecular weight is 383 g/mol. The summed E-state index contributed by atoms with van der Waals surface area (Å²) in [6.45, 7) is 4.43. The van der Waals surface area contributed by atoms with Gasteiger partial charge in [0.1, 0.15) is 0 Å². The van der Waals surface area contributed by atoms with Crippen LogP contribution in [0.1, 0.15) is 16.1 Å². The lowest BCUT2D eigenvalue weighted by Gasteiger charge is -2.27. The SMILES string of the molecule is Cc1cc(-c2cnc3ccccc3c2)c2cc(C(=O)N3CCOCC3)ccc2n1. The lowest BCUT2D eigenvalue weighted by molar-refractivity contribution is 0.0303. The second-order valence-electron chi connectivity index (χ2n) is 7.36. The van der Waals surface area contributed by atoms with Crippen LogP contribution in [0.5, 0.6) is 0 Å². The molecule has 4 aromatic rings. The number of ether oxygens (including phenoxy) is 1. The van der Waals surface area contributed by atoms with Crippen LogP contribution < -0.4 is 0 Å². The molecular weight excluding hydrogens is 362 g/mol. The van der Waals surface area contributed by atoms with Crippen molar-refractivity contribution in [1.82, 2.24) is 14.9 Å². The number of pyridine rings is 2. The van der Waals surface area contributed by atoms with Crippen molar-refractivity contribution in [3.05, 3.63) is 72.1 Å². The lowest BCUT2D eigenvalue weighted by Crippen LogP contribution is -2.40. The molecule has 1 amide bonds. The normalized spacial score (nSPS) is 14.4. The maximum Gasteiger partial charge on any atom is 0.254 e. The number of nitrogens with zero attached hydrogens (tertiary/aromatic N) is 3. The predicted molar refractivity (Wildman–Crippen MR) is 114 cm³/mol. The Bertz CT molecular complexity index is 1230. The van der Waals surface area contributed by atoms with Crippen molar-refractivity contribution in [3.8, 4) is 11.1 Å². The summed E-state index contributed by atoms with van der Waals surface area (Å²) in [7, 11) is 0. The van der Waals surface area contributed by atoms with Crippen LogP contribution in [-0.2, 0) is 4.74 Å². The highest BCUT2D eigenvalue weighted by Gasteiger charge is 2.19. The van der Waals surface area contributed by atoms with Crippen LogP contribution in [0.3, 0.4) is 0 Å². The minimum absolute atomic E-state index is 0.0401. The van der Waals surface area contributed by atoms with E-state index in [1.807, 2.05) is 54.4 Å². The molecule has 144 valence electrons. The Kier molecular flexibility index (Phi) is 4.45. The largest absolute Gasteiger partial charge is 0.378 e. The van der Waals surface area contributed by atoms with Crippen molar-refractivity contribution < 1.29 is 9.53 Å². The zero-order valence-electron chi connectivity index (χ0n) is 16.3. The molecule has 0 aliphatic carbocycles. The Hall–Kier alpha value is -3.31. The van der Waals surface area contributed by atoms with Gasteiger partial charge in [-0.1, -0.05) is 18.2 Å². The van der Waals surface area contributed by atoms with E-state index >= 15 is 0 Å². The van der Waals surface area contributed by atoms with Crippen molar-refractivity contribution in [2.45, 2.75) is 6.92 Å². The van der Waals surface area contributed by atoms with Crippen molar-refractivity contribution in [2.24, 2.45) is 0 Å². The summed E-state index contributed by atoms with van der Waals surface area (Å²) < 4.78 is 5.37. The molecule has 1 fully saturated rings. The third kappa shape index (κ3) is 3.34. The first-order chi connectivity index (χ1) is 14.2. The van der Waals surface area contributed by atoms with Crippen LogP contribution in [0.2, 0.25) is 0 Å². The Morgan fingerprint density at radius 3 is 2.69 bits per heavy atom. The molecule has 1 aliphatic heterocycles. The van der Waals surface area contributed by atoms with Gasteiger partial charge in [-0.25, -0.2) is 0 Å². The van der Waals surface area contributed by atoms with E-state index in [1.54, 1.807) is 0 Å². The second-order valence-corrected chi connectivity index (χ2v) is 7.36. The van der Waals surface area contributed by atoms with Gasteiger partial charge in [0.25, 0.3) is 5.91 Å². The molecule has 1 saturated heterocycles. The van der Waals surface area contributed by atoms with Gasteiger partial charge in [0.15, 0.2) is 0 Å². The topological polar surface area (TPSA) is 55.3 Å². The fourth-order valence-corrected chi connectivity index (χ4v) is 3.90. The van der Waals surface area contributed by atoms with Gasteiger partial charge >= 0.3 is 0 Å². The third-order valence-electron chi connectivity index (χ3n) is 5.38. The molecule has 0 unspecified atom stereocenters. The molecular formula is C24H21N3O2. The number of amides is 1. The number of carbonyl (C=O) groups is 1. The zero-order valence-corrected chi connectivity index (χ0v) is 16.3. The standard InChI is InChI=1S/C24H21N3O2/c1-16-12-20(19-13-17-4-2-3-5-22(17)25-15-19)21-14-18(6-7-23(21)26-16)24(28)27-8-10-29-11-9-27/h2-7,12-15H,8-11H2,1H3. The van der Waals surface area contributed by atoms with Gasteiger partial charge in [0.2, 0.25) is 0 Å². The number of hydrogen-bond acceptors (Lipinski definition) is 4. The summed E-state index contributed by atoms with van der Waals surface area (Å²) >= 11 is 0. The Morgan fingerprint density at radius 1 is 1.00 bits per heavy atom. The van der Waals surface area contributed by atoms with E-state index < -0.39 is 0 Å². The van der Waals surface area contributed by atoms with E-state index in [1.165, 1.54) is 0 Å². The molecule has 0 spiro atoms. The summed E-state index contributed by atoms with van der Waals surface area (Å²) in [6, 6.07) is 18.1. The zero-order chi connectivity index (χ0) is 19.8. The highest BCUT2D eigenvalue weighted by Crippen LogP contribution is 2.31. The van der Waals surface area contributed by atoms with Crippen molar-refractivity contribution in [3.63, 3.8) is 0 Å². The number of aromatic nitrogens is 2. The summed E-state index contributed by atoms with van der Waals surface area (Å²) in [5.41, 5.74) is 5.53. The van der Waals surface area contributed by atoms with Crippen LogP contribution in [-0.4, -0.2) is 47.1 Å². The molecule has 0 N–H and O–H groups in total. The number of hydrogen-bond donors (Lipinski definition) is 0. The highest BCUT2D eigenvalue weighted by molar-refractivity contribution is 6.02. The van der Waals surface area contributed by atoms with E-state index in [4.69, 9.17) is 4.74 Å². The van der Waals surface area contributed by atoms with E-state index in [0.29, 0.717) is 31.9 Å². The Labute approximate surface area is 169 Å². The number of carbonyl (C=O) groups excluding carboxylic acids is 1. The van der Waals surface area contributed by atoms with Gasteiger partial charge in [-0.15, -0.1) is 0 Å². The van der Waals surface area contributed by atoms with Crippen LogP contribution in [0, 0.1) is 6.92 Å². The quantitative estimate of drug-likeness (QED) is 0.520. The fourth-order valence-electron chi connectivity index (χ4n) is 3.90. The summed E-state index contributed by atoms with van der Waals surface area (Å²) in [5.74, 6) is 0.0401. The molecule has 0 radical (unpaired) electrons. The fraction of sp³-hybridized carbons (Fsp3) is 0.208. The molecule has 2 aromatic carbocycles. The minimum atomic E-state index is 0.0401. The lowest BCUT2D eigenvalue weighted by atomic mass is 9.98. The smallest absolute Gasteiger partial charge is 0.254 e. The maximum absolute atomic E-state index is 13.0. The molecule has 2 aromatic heterocycles. The van der Waals surface area contributed by atoms with Gasteiger partial charge in [0.05, 0.1) is 24.2 Å². The van der Waals surface area contributed by atoms with Gasteiger partial charge in [-0.2, -0.15) is 0 Å². The van der Waals surface area contributed by atoms with Gasteiger partial charge < -0.3 is 9.64 Å². The van der Waals surface area contributed by atoms with Crippen molar-refractivity contribution >= 4 is 27.7 Å². The minimum Gasteiger partial charge on any atom is -0.378 e. The van der Waals surface area contributed by atoms with Crippen LogP contribution in [0.25, 0.3) is 32.9 Å². The molecule has 29 heavy (non-hydrogen) atoms. The second kappa shape index (κ2) is 7.26. The van der Waals surface area contributed by atoms with Gasteiger partial charge in [-0.3, -0.25) is 14.8 Å². The molecule has 0 saturated carbocycles. The van der Waals surface area contributed by atoms with E-state index in [0.717, 1.165) is 38.6 Å². The van der Waals surface area contributed by atoms with Crippen molar-refractivity contribution in [1.29, 1.82) is 0 Å². The van der Waals surface area contributed by atoms with Crippen molar-refractivity contribution in [2.75, 3.05) is 26.3 Å². The van der Waals surface area contributed by atoms with Crippen LogP contribution in [0.4, 0.5) is 0 Å². The molecule has 5 nitrogen and oxygen atoms in total. The first-order valence-corrected chi connectivity index (χ1v) is 9.83. The molecule has 3 heterocycles. The van der Waals surface area contributed by atoms with Crippen LogP contribution >= 0.6 is 0 Å². The summed E-state index contributed by atoms with van der Waals surface area (Å²) in [6.07, 6.45) is 1.90. The van der Waals surface area contributed by atoms with E-state index in [-0.39, 0.29) is 5.91 Å². The Morgan fingerprint density at radius 2 is 1.83 bits per heavy atom. The number of morpholine rings is 1. The number of rotatable bonds is 2. The molecule has 0 atom stereocenters. The Balaban J connectivity index is 1.64. The molecule has 1 aliphatic rings. The molecule has 5 rings (SSSR count). The van der Waals surface area contributed by atoms with E-state index in [2.05, 4.69) is 28.2 Å².